The smallest absolute Gasteiger partial charge is 0.344 e. The maximum atomic E-state index is 14.7. The van der Waals surface area contributed by atoms with Crippen molar-refractivity contribution in [3.63, 3.8) is 0 Å². The Morgan fingerprint density at radius 1 is 1.25 bits per heavy atom. The SMILES string of the molecule is CCOC(=O)COc1cc(CC)c(Cc2ccc(O)c(C(C)C)c2)c(Cl)c1F. The van der Waals surface area contributed by atoms with Crippen molar-refractivity contribution < 1.29 is 23.8 Å². The molecule has 0 fully saturated rings. The molecule has 0 bridgehead atoms. The van der Waals surface area contributed by atoms with Gasteiger partial charge in [0.15, 0.2) is 18.2 Å². The second-order valence-corrected chi connectivity index (χ2v) is 7.19. The second-order valence-electron chi connectivity index (χ2n) is 6.81. The average Bonchev–Trinajstić information content (AvgIpc) is 2.66. The van der Waals surface area contributed by atoms with Gasteiger partial charge in [-0.2, -0.15) is 0 Å². The van der Waals surface area contributed by atoms with Gasteiger partial charge in [-0.1, -0.05) is 44.5 Å². The minimum atomic E-state index is -0.693. The Bertz CT molecular complexity index is 849. The van der Waals surface area contributed by atoms with Crippen LogP contribution in [0, 0.1) is 5.82 Å². The zero-order chi connectivity index (χ0) is 20.8. The van der Waals surface area contributed by atoms with E-state index in [-0.39, 0.29) is 35.7 Å². The first-order chi connectivity index (χ1) is 13.3. The number of esters is 1. The Kier molecular flexibility index (Phi) is 7.69. The van der Waals surface area contributed by atoms with Crippen LogP contribution in [0.25, 0.3) is 0 Å². The fraction of sp³-hybridized carbons (Fsp3) is 0.409. The molecule has 0 saturated heterocycles. The summed E-state index contributed by atoms with van der Waals surface area (Å²) in [5.74, 6) is -0.912. The first-order valence-electron chi connectivity index (χ1n) is 9.38. The molecule has 0 heterocycles. The number of phenols is 1. The van der Waals surface area contributed by atoms with E-state index in [4.69, 9.17) is 21.1 Å². The molecule has 0 radical (unpaired) electrons. The molecule has 1 N–H and O–H groups in total. The third kappa shape index (κ3) is 5.16. The van der Waals surface area contributed by atoms with Gasteiger partial charge in [0, 0.05) is 0 Å². The Hall–Kier alpha value is -2.27. The summed E-state index contributed by atoms with van der Waals surface area (Å²) in [7, 11) is 0. The Morgan fingerprint density at radius 2 is 1.96 bits per heavy atom. The van der Waals surface area contributed by atoms with Crippen LogP contribution in [0.15, 0.2) is 24.3 Å². The molecule has 0 saturated carbocycles. The van der Waals surface area contributed by atoms with Crippen molar-refractivity contribution in [2.45, 2.75) is 46.5 Å². The number of ether oxygens (including phenoxy) is 2. The first-order valence-corrected chi connectivity index (χ1v) is 9.76. The van der Waals surface area contributed by atoms with Crippen molar-refractivity contribution in [2.24, 2.45) is 0 Å². The summed E-state index contributed by atoms with van der Waals surface area (Å²) >= 11 is 6.32. The van der Waals surface area contributed by atoms with Crippen molar-refractivity contribution in [2.75, 3.05) is 13.2 Å². The van der Waals surface area contributed by atoms with Crippen molar-refractivity contribution in [3.05, 3.63) is 57.4 Å². The molecule has 6 heteroatoms. The van der Waals surface area contributed by atoms with E-state index in [9.17, 15) is 14.3 Å². The lowest BCUT2D eigenvalue weighted by Gasteiger charge is -2.16. The van der Waals surface area contributed by atoms with Crippen LogP contribution in [0.1, 0.15) is 55.9 Å². The van der Waals surface area contributed by atoms with Crippen LogP contribution in [0.3, 0.4) is 0 Å². The molecule has 152 valence electrons. The predicted molar refractivity (Wildman–Crippen MR) is 108 cm³/mol. The van der Waals surface area contributed by atoms with Crippen molar-refractivity contribution in [3.8, 4) is 11.5 Å². The molecule has 0 aliphatic heterocycles. The van der Waals surface area contributed by atoms with Gasteiger partial charge in [0.25, 0.3) is 0 Å². The number of carbonyl (C=O) groups excluding carboxylic acids is 1. The number of halogens is 2. The maximum absolute atomic E-state index is 14.7. The number of carbonyl (C=O) groups is 1. The van der Waals surface area contributed by atoms with E-state index < -0.39 is 11.8 Å². The second kappa shape index (κ2) is 9.78. The normalized spacial score (nSPS) is 11.0. The summed E-state index contributed by atoms with van der Waals surface area (Å²) in [4.78, 5) is 11.5. The highest BCUT2D eigenvalue weighted by atomic mass is 35.5. The van der Waals surface area contributed by atoms with Crippen LogP contribution in [-0.2, 0) is 22.4 Å². The third-order valence-electron chi connectivity index (χ3n) is 4.49. The van der Waals surface area contributed by atoms with E-state index in [1.165, 1.54) is 0 Å². The highest BCUT2D eigenvalue weighted by Crippen LogP contribution is 2.34. The van der Waals surface area contributed by atoms with Crippen LogP contribution >= 0.6 is 11.6 Å². The molecule has 0 aromatic heterocycles. The lowest BCUT2D eigenvalue weighted by Crippen LogP contribution is -2.15. The highest BCUT2D eigenvalue weighted by molar-refractivity contribution is 6.31. The molecule has 0 aliphatic rings. The van der Waals surface area contributed by atoms with Crippen LogP contribution in [-0.4, -0.2) is 24.3 Å². The fourth-order valence-electron chi connectivity index (χ4n) is 3.02. The van der Waals surface area contributed by atoms with Gasteiger partial charge < -0.3 is 14.6 Å². The zero-order valence-electron chi connectivity index (χ0n) is 16.6. The fourth-order valence-corrected chi connectivity index (χ4v) is 3.30. The van der Waals surface area contributed by atoms with Crippen molar-refractivity contribution >= 4 is 17.6 Å². The largest absolute Gasteiger partial charge is 0.508 e. The molecule has 0 atom stereocenters. The lowest BCUT2D eigenvalue weighted by molar-refractivity contribution is -0.145. The number of benzene rings is 2. The van der Waals surface area contributed by atoms with E-state index in [0.29, 0.717) is 18.4 Å². The molecule has 4 nitrogen and oxygen atoms in total. The van der Waals surface area contributed by atoms with Crippen LogP contribution in [0.5, 0.6) is 11.5 Å². The number of phenolic OH excluding ortho intramolecular Hbond substituents is 1. The molecule has 2 rings (SSSR count). The average molecular weight is 409 g/mol. The Morgan fingerprint density at radius 3 is 2.57 bits per heavy atom. The van der Waals surface area contributed by atoms with Crippen LogP contribution in [0.2, 0.25) is 5.02 Å². The highest BCUT2D eigenvalue weighted by Gasteiger charge is 2.19. The molecular formula is C22H26ClFO4. The molecule has 2 aromatic carbocycles. The molecular weight excluding hydrogens is 383 g/mol. The Labute approximate surface area is 170 Å². The zero-order valence-corrected chi connectivity index (χ0v) is 17.4. The lowest BCUT2D eigenvalue weighted by atomic mass is 9.94. The van der Waals surface area contributed by atoms with E-state index >= 15 is 0 Å². The molecule has 28 heavy (non-hydrogen) atoms. The van der Waals surface area contributed by atoms with Crippen LogP contribution in [0.4, 0.5) is 4.39 Å². The number of rotatable bonds is 8. The van der Waals surface area contributed by atoms with Gasteiger partial charge in [-0.25, -0.2) is 9.18 Å². The van der Waals surface area contributed by atoms with Gasteiger partial charge >= 0.3 is 5.97 Å². The van der Waals surface area contributed by atoms with E-state index in [2.05, 4.69) is 0 Å². The van der Waals surface area contributed by atoms with Gasteiger partial charge in [-0.05, 0) is 60.1 Å². The summed E-state index contributed by atoms with van der Waals surface area (Å²) < 4.78 is 24.8. The molecule has 0 spiro atoms. The molecule has 0 amide bonds. The minimum Gasteiger partial charge on any atom is -0.508 e. The standard InChI is InChI=1S/C22H26ClFO4/c1-5-15-11-19(28-12-20(26)27-6-2)22(24)21(23)17(15)10-14-7-8-18(25)16(9-14)13(3)4/h7-9,11,13,25H,5-6,10,12H2,1-4H3. The molecule has 0 unspecified atom stereocenters. The first kappa shape index (κ1) is 22.0. The number of aryl methyl sites for hydroxylation is 1. The Balaban J connectivity index is 2.34. The summed E-state index contributed by atoms with van der Waals surface area (Å²) in [6, 6.07) is 6.95. The maximum Gasteiger partial charge on any atom is 0.344 e. The minimum absolute atomic E-state index is 0.0163. The van der Waals surface area contributed by atoms with Gasteiger partial charge in [-0.15, -0.1) is 0 Å². The summed E-state index contributed by atoms with van der Waals surface area (Å²) in [5, 5.41) is 9.99. The van der Waals surface area contributed by atoms with Crippen LogP contribution < -0.4 is 4.74 Å². The monoisotopic (exact) mass is 408 g/mol. The van der Waals surface area contributed by atoms with Gasteiger partial charge in [0.05, 0.1) is 11.6 Å². The molecule has 0 aliphatic carbocycles. The van der Waals surface area contributed by atoms with Gasteiger partial charge in [-0.3, -0.25) is 0 Å². The number of hydrogen-bond acceptors (Lipinski definition) is 4. The van der Waals surface area contributed by atoms with E-state index in [1.807, 2.05) is 26.8 Å². The topological polar surface area (TPSA) is 55.8 Å². The number of hydrogen-bond donors (Lipinski definition) is 1. The van der Waals surface area contributed by atoms with Crippen molar-refractivity contribution in [1.82, 2.24) is 0 Å². The number of aromatic hydroxyl groups is 1. The van der Waals surface area contributed by atoms with Crippen molar-refractivity contribution in [1.29, 1.82) is 0 Å². The third-order valence-corrected chi connectivity index (χ3v) is 4.89. The van der Waals surface area contributed by atoms with Gasteiger partial charge in [0.1, 0.15) is 5.75 Å². The predicted octanol–water partition coefficient (Wildman–Crippen LogP) is 5.40. The summed E-state index contributed by atoms with van der Waals surface area (Å²) in [6.45, 7) is 7.48. The van der Waals surface area contributed by atoms with E-state index in [1.54, 1.807) is 25.1 Å². The van der Waals surface area contributed by atoms with E-state index in [0.717, 1.165) is 16.7 Å². The van der Waals surface area contributed by atoms with Gasteiger partial charge in [0.2, 0.25) is 0 Å². The summed E-state index contributed by atoms with van der Waals surface area (Å²) in [6.07, 6.45) is 1.05. The molecule has 2 aromatic rings. The quantitative estimate of drug-likeness (QED) is 0.594. The summed E-state index contributed by atoms with van der Waals surface area (Å²) in [5.41, 5.74) is 3.27.